The van der Waals surface area contributed by atoms with Crippen molar-refractivity contribution in [2.24, 2.45) is 0 Å². The van der Waals surface area contributed by atoms with Crippen LogP contribution in [-0.2, 0) is 26.2 Å². The maximum atomic E-state index is 13.7. The van der Waals surface area contributed by atoms with Gasteiger partial charge in [-0.1, -0.05) is 61.2 Å². The highest BCUT2D eigenvalue weighted by atomic mass is 35.5. The van der Waals surface area contributed by atoms with Gasteiger partial charge in [0.1, 0.15) is 11.8 Å². The summed E-state index contributed by atoms with van der Waals surface area (Å²) in [6, 6.07) is 11.4. The number of hydrogen-bond donors (Lipinski definition) is 1. The fourth-order valence-electron chi connectivity index (χ4n) is 5.04. The number of amides is 2. The highest BCUT2D eigenvalue weighted by Gasteiger charge is 2.31. The molecule has 1 fully saturated rings. The Morgan fingerprint density at radius 1 is 1.10 bits per heavy atom. The fourth-order valence-corrected chi connectivity index (χ4v) is 6.48. The number of carbonyl (C=O) groups is 2. The van der Waals surface area contributed by atoms with E-state index >= 15 is 0 Å². The zero-order valence-corrected chi connectivity index (χ0v) is 25.7. The van der Waals surface area contributed by atoms with Crippen LogP contribution >= 0.6 is 23.2 Å². The van der Waals surface area contributed by atoms with Crippen molar-refractivity contribution in [2.75, 3.05) is 23.7 Å². The van der Waals surface area contributed by atoms with Crippen LogP contribution in [0.1, 0.15) is 64.4 Å². The smallest absolute Gasteiger partial charge is 0.243 e. The molecule has 1 N–H and O–H groups in total. The van der Waals surface area contributed by atoms with Crippen LogP contribution in [0.2, 0.25) is 10.0 Å². The largest absolute Gasteiger partial charge is 0.492 e. The summed E-state index contributed by atoms with van der Waals surface area (Å²) in [7, 11) is -3.65. The molecule has 0 heterocycles. The molecule has 1 atom stereocenters. The fraction of sp³-hybridized carbons (Fsp3) is 0.517. The second-order valence-corrected chi connectivity index (χ2v) is 12.8. The van der Waals surface area contributed by atoms with Crippen molar-refractivity contribution in [3.8, 4) is 5.75 Å². The SMILES string of the molecule is CCOc1ccccc1N(CCCC(=O)N(Cc1ccc(Cl)cc1Cl)C(CC)C(=O)NC1CCCC1)S(C)(=O)=O. The first-order valence-corrected chi connectivity index (χ1v) is 16.4. The lowest BCUT2D eigenvalue weighted by atomic mass is 10.1. The molecule has 0 aromatic heterocycles. The van der Waals surface area contributed by atoms with Crippen LogP contribution in [0.3, 0.4) is 0 Å². The minimum atomic E-state index is -3.65. The highest BCUT2D eigenvalue weighted by molar-refractivity contribution is 7.92. The maximum Gasteiger partial charge on any atom is 0.243 e. The van der Waals surface area contributed by atoms with Gasteiger partial charge in [0, 0.05) is 35.6 Å². The number of sulfonamides is 1. The highest BCUT2D eigenvalue weighted by Crippen LogP contribution is 2.30. The number of benzene rings is 2. The average molecular weight is 613 g/mol. The molecular weight excluding hydrogens is 573 g/mol. The summed E-state index contributed by atoms with van der Waals surface area (Å²) in [6.45, 7) is 4.30. The van der Waals surface area contributed by atoms with E-state index in [4.69, 9.17) is 27.9 Å². The third-order valence-electron chi connectivity index (χ3n) is 7.03. The van der Waals surface area contributed by atoms with Gasteiger partial charge in [-0.15, -0.1) is 0 Å². The molecule has 3 rings (SSSR count). The third kappa shape index (κ3) is 8.75. The second kappa shape index (κ2) is 14.9. The summed E-state index contributed by atoms with van der Waals surface area (Å²) in [4.78, 5) is 28.6. The standard InChI is InChI=1S/C29H39Cl2N3O5S/c1-4-25(29(36)32-23-11-6-7-12-23)33(20-21-16-17-22(30)19-24(21)31)28(35)15-10-18-34(40(3,37)38)26-13-8-9-14-27(26)39-5-2/h8-9,13-14,16-17,19,23,25H,4-7,10-12,15,18,20H2,1-3H3,(H,32,36). The first kappa shape index (κ1) is 32.0. The quantitative estimate of drug-likeness (QED) is 0.291. The van der Waals surface area contributed by atoms with Gasteiger partial charge in [0.25, 0.3) is 0 Å². The van der Waals surface area contributed by atoms with Crippen molar-refractivity contribution in [2.45, 2.75) is 77.4 Å². The Kier molecular flexibility index (Phi) is 12.0. The summed E-state index contributed by atoms with van der Waals surface area (Å²) in [5.74, 6) is 0.0117. The molecule has 8 nitrogen and oxygen atoms in total. The normalized spacial score (nSPS) is 14.5. The molecule has 0 saturated heterocycles. The number of rotatable bonds is 14. The molecule has 2 aromatic carbocycles. The average Bonchev–Trinajstić information content (AvgIpc) is 3.40. The molecule has 2 aromatic rings. The van der Waals surface area contributed by atoms with E-state index in [-0.39, 0.29) is 43.8 Å². The van der Waals surface area contributed by atoms with Gasteiger partial charge in [-0.25, -0.2) is 8.42 Å². The molecule has 2 amide bonds. The van der Waals surface area contributed by atoms with Crippen LogP contribution in [0.5, 0.6) is 5.75 Å². The second-order valence-electron chi connectivity index (χ2n) is 10.0. The Balaban J connectivity index is 1.80. The first-order valence-electron chi connectivity index (χ1n) is 13.8. The van der Waals surface area contributed by atoms with Gasteiger partial charge in [0.05, 0.1) is 18.6 Å². The van der Waals surface area contributed by atoms with Gasteiger partial charge in [-0.05, 0) is 62.4 Å². The van der Waals surface area contributed by atoms with Crippen molar-refractivity contribution in [3.63, 3.8) is 0 Å². The molecule has 11 heteroatoms. The molecule has 1 saturated carbocycles. The zero-order chi connectivity index (χ0) is 29.3. The van der Waals surface area contributed by atoms with E-state index in [1.54, 1.807) is 47.4 Å². The summed E-state index contributed by atoms with van der Waals surface area (Å²) in [5, 5.41) is 4.01. The number of halogens is 2. The number of hydrogen-bond acceptors (Lipinski definition) is 5. The van der Waals surface area contributed by atoms with Gasteiger partial charge in [0.2, 0.25) is 21.8 Å². The molecular formula is C29H39Cl2N3O5S. The predicted molar refractivity (Wildman–Crippen MR) is 161 cm³/mol. The van der Waals surface area contributed by atoms with E-state index in [1.807, 2.05) is 13.8 Å². The van der Waals surface area contributed by atoms with Crippen LogP contribution in [0.25, 0.3) is 0 Å². The Hall–Kier alpha value is -2.49. The van der Waals surface area contributed by atoms with E-state index in [9.17, 15) is 18.0 Å². The number of ether oxygens (including phenoxy) is 1. The Morgan fingerprint density at radius 3 is 2.42 bits per heavy atom. The van der Waals surface area contributed by atoms with Crippen LogP contribution < -0.4 is 14.4 Å². The molecule has 0 aliphatic heterocycles. The number of nitrogens with one attached hydrogen (secondary N) is 1. The summed E-state index contributed by atoms with van der Waals surface area (Å²) in [5.41, 5.74) is 1.10. The van der Waals surface area contributed by atoms with Crippen molar-refractivity contribution in [1.29, 1.82) is 0 Å². The van der Waals surface area contributed by atoms with Gasteiger partial charge in [-0.2, -0.15) is 0 Å². The van der Waals surface area contributed by atoms with Gasteiger partial charge in [0.15, 0.2) is 0 Å². The number of para-hydroxylation sites is 2. The Labute approximate surface area is 248 Å². The molecule has 1 unspecified atom stereocenters. The number of carbonyl (C=O) groups excluding carboxylic acids is 2. The molecule has 0 radical (unpaired) electrons. The molecule has 1 aliphatic rings. The van der Waals surface area contributed by atoms with E-state index in [2.05, 4.69) is 5.32 Å². The van der Waals surface area contributed by atoms with Crippen molar-refractivity contribution < 1.29 is 22.7 Å². The lowest BCUT2D eigenvalue weighted by Gasteiger charge is -2.32. The minimum absolute atomic E-state index is 0.0429. The topological polar surface area (TPSA) is 96.0 Å². The summed E-state index contributed by atoms with van der Waals surface area (Å²) in [6.07, 6.45) is 5.87. The van der Waals surface area contributed by atoms with Crippen LogP contribution in [0.15, 0.2) is 42.5 Å². The van der Waals surface area contributed by atoms with Crippen LogP contribution in [0, 0.1) is 0 Å². The van der Waals surface area contributed by atoms with Crippen LogP contribution in [0.4, 0.5) is 5.69 Å². The van der Waals surface area contributed by atoms with Gasteiger partial charge >= 0.3 is 0 Å². The molecule has 220 valence electrons. The van der Waals surface area contributed by atoms with Gasteiger partial charge in [-0.3, -0.25) is 13.9 Å². The molecule has 40 heavy (non-hydrogen) atoms. The predicted octanol–water partition coefficient (Wildman–Crippen LogP) is 5.80. The summed E-state index contributed by atoms with van der Waals surface area (Å²) < 4.78 is 32.3. The third-order valence-corrected chi connectivity index (χ3v) is 8.80. The molecule has 1 aliphatic carbocycles. The number of anilines is 1. The zero-order valence-electron chi connectivity index (χ0n) is 23.4. The van der Waals surface area contributed by atoms with Crippen molar-refractivity contribution in [1.82, 2.24) is 10.2 Å². The Morgan fingerprint density at radius 2 is 1.80 bits per heavy atom. The van der Waals surface area contributed by atoms with Crippen molar-refractivity contribution >= 4 is 50.7 Å². The van der Waals surface area contributed by atoms with Gasteiger partial charge < -0.3 is 15.0 Å². The van der Waals surface area contributed by atoms with E-state index in [0.717, 1.165) is 31.9 Å². The lowest BCUT2D eigenvalue weighted by molar-refractivity contribution is -0.141. The lowest BCUT2D eigenvalue weighted by Crippen LogP contribution is -2.51. The Bertz CT molecular complexity index is 1270. The van der Waals surface area contributed by atoms with E-state index in [0.29, 0.717) is 40.1 Å². The maximum absolute atomic E-state index is 13.7. The number of nitrogens with zero attached hydrogens (tertiary/aromatic N) is 2. The first-order chi connectivity index (χ1) is 19.0. The van der Waals surface area contributed by atoms with Crippen molar-refractivity contribution in [3.05, 3.63) is 58.1 Å². The van der Waals surface area contributed by atoms with E-state index < -0.39 is 16.1 Å². The van der Waals surface area contributed by atoms with E-state index in [1.165, 1.54) is 4.31 Å². The summed E-state index contributed by atoms with van der Waals surface area (Å²) >= 11 is 12.5. The van der Waals surface area contributed by atoms with Crippen LogP contribution in [-0.4, -0.2) is 56.6 Å². The minimum Gasteiger partial charge on any atom is -0.492 e. The monoisotopic (exact) mass is 611 g/mol. The molecule has 0 bridgehead atoms. The molecule has 0 spiro atoms.